The van der Waals surface area contributed by atoms with E-state index in [2.05, 4.69) is 9.88 Å². The molecule has 4 rings (SSSR count). The van der Waals surface area contributed by atoms with Gasteiger partial charge in [0.2, 0.25) is 5.78 Å². The van der Waals surface area contributed by atoms with Crippen LogP contribution in [0.1, 0.15) is 28.1 Å². The quantitative estimate of drug-likeness (QED) is 0.632. The molecule has 0 radical (unpaired) electrons. The number of hydrogen-bond donors (Lipinski definition) is 0. The number of Topliss-reactive ketones (excluding diaryl/α,β-unsaturated/α-hetero) is 1. The highest BCUT2D eigenvalue weighted by molar-refractivity contribution is 7.18. The lowest BCUT2D eigenvalue weighted by Gasteiger charge is -2.27. The van der Waals surface area contributed by atoms with Gasteiger partial charge in [-0.25, -0.2) is 4.39 Å². The van der Waals surface area contributed by atoms with Crippen LogP contribution in [0.25, 0.3) is 11.1 Å². The smallest absolute Gasteiger partial charge is 0.203 e. The third kappa shape index (κ3) is 3.66. The third-order valence-electron chi connectivity index (χ3n) is 4.64. The molecule has 1 aliphatic rings. The molecule has 2 aromatic heterocycles. The molecule has 136 valence electrons. The van der Waals surface area contributed by atoms with Gasteiger partial charge in [0.1, 0.15) is 11.6 Å². The first kappa shape index (κ1) is 17.5. The van der Waals surface area contributed by atoms with E-state index in [4.69, 9.17) is 0 Å². The maximum atomic E-state index is 13.2. The lowest BCUT2D eigenvalue weighted by atomic mass is 10.0. The summed E-state index contributed by atoms with van der Waals surface area (Å²) in [5, 5.41) is 0.985. The molecular formula is C21H17FN2O2S. The van der Waals surface area contributed by atoms with Gasteiger partial charge in [0.05, 0.1) is 9.88 Å². The molecule has 0 aliphatic carbocycles. The molecule has 1 saturated heterocycles. The second kappa shape index (κ2) is 7.40. The number of benzene rings is 1. The van der Waals surface area contributed by atoms with E-state index >= 15 is 0 Å². The van der Waals surface area contributed by atoms with Gasteiger partial charge >= 0.3 is 0 Å². The Morgan fingerprint density at radius 3 is 2.37 bits per heavy atom. The maximum absolute atomic E-state index is 13.2. The number of rotatable bonds is 4. The molecule has 0 N–H and O–H groups in total. The maximum Gasteiger partial charge on any atom is 0.203 e. The van der Waals surface area contributed by atoms with Crippen LogP contribution in [0.5, 0.6) is 0 Å². The number of carbonyl (C=O) groups excluding carboxylic acids is 2. The van der Waals surface area contributed by atoms with E-state index < -0.39 is 0 Å². The van der Waals surface area contributed by atoms with Gasteiger partial charge in [-0.2, -0.15) is 0 Å². The zero-order valence-electron chi connectivity index (χ0n) is 14.5. The summed E-state index contributed by atoms with van der Waals surface area (Å²) in [4.78, 5) is 31.3. The Labute approximate surface area is 160 Å². The zero-order chi connectivity index (χ0) is 18.8. The highest BCUT2D eigenvalue weighted by Crippen LogP contribution is 2.40. The van der Waals surface area contributed by atoms with Crippen molar-refractivity contribution >= 4 is 27.9 Å². The summed E-state index contributed by atoms with van der Waals surface area (Å²) in [6.45, 7) is 1.31. The van der Waals surface area contributed by atoms with Crippen molar-refractivity contribution in [3.63, 3.8) is 0 Å². The molecule has 3 heterocycles. The van der Waals surface area contributed by atoms with E-state index in [-0.39, 0.29) is 17.4 Å². The number of carbonyl (C=O) groups is 2. The van der Waals surface area contributed by atoms with E-state index in [0.29, 0.717) is 36.4 Å². The van der Waals surface area contributed by atoms with Crippen LogP contribution in [0, 0.1) is 5.82 Å². The molecule has 0 amide bonds. The average molecular weight is 380 g/mol. The minimum Gasteiger partial charge on any atom is -0.362 e. The van der Waals surface area contributed by atoms with Crippen molar-refractivity contribution in [3.05, 3.63) is 71.1 Å². The van der Waals surface area contributed by atoms with Gasteiger partial charge in [-0.3, -0.25) is 14.6 Å². The minimum atomic E-state index is -0.367. The molecule has 27 heavy (non-hydrogen) atoms. The first-order chi connectivity index (χ1) is 13.1. The van der Waals surface area contributed by atoms with Crippen LogP contribution in [-0.2, 0) is 4.79 Å². The van der Waals surface area contributed by atoms with E-state index in [1.165, 1.54) is 35.6 Å². The molecular weight excluding hydrogens is 363 g/mol. The summed E-state index contributed by atoms with van der Waals surface area (Å²) in [7, 11) is 0. The number of piperidine rings is 1. The van der Waals surface area contributed by atoms with Crippen molar-refractivity contribution in [2.75, 3.05) is 18.0 Å². The molecule has 3 aromatic rings. The number of hydrogen-bond acceptors (Lipinski definition) is 5. The standard InChI is InChI=1S/C21H17FN2O2S/c22-16-3-1-15(2-4-16)20(26)19-13-18(14-5-9-23-10-6-14)21(27-19)24-11-7-17(25)8-12-24/h1-6,9-10,13H,7-8,11-12H2. The van der Waals surface area contributed by atoms with E-state index in [0.717, 1.165) is 16.1 Å². The van der Waals surface area contributed by atoms with Crippen molar-refractivity contribution in [1.29, 1.82) is 0 Å². The highest BCUT2D eigenvalue weighted by atomic mass is 32.1. The summed E-state index contributed by atoms with van der Waals surface area (Å²) in [5.41, 5.74) is 2.40. The van der Waals surface area contributed by atoms with Crippen LogP contribution < -0.4 is 4.90 Å². The second-order valence-electron chi connectivity index (χ2n) is 6.43. The van der Waals surface area contributed by atoms with Gasteiger partial charge in [0.15, 0.2) is 0 Å². The molecule has 0 saturated carbocycles. The van der Waals surface area contributed by atoms with Crippen LogP contribution >= 0.6 is 11.3 Å². The zero-order valence-corrected chi connectivity index (χ0v) is 15.3. The fraction of sp³-hybridized carbons (Fsp3) is 0.190. The summed E-state index contributed by atoms with van der Waals surface area (Å²) in [6.07, 6.45) is 4.49. The first-order valence-corrected chi connectivity index (χ1v) is 9.54. The molecule has 0 bridgehead atoms. The number of nitrogens with zero attached hydrogens (tertiary/aromatic N) is 2. The monoisotopic (exact) mass is 380 g/mol. The van der Waals surface area contributed by atoms with Crippen LogP contribution in [0.15, 0.2) is 54.9 Å². The molecule has 0 unspecified atom stereocenters. The Morgan fingerprint density at radius 1 is 1.04 bits per heavy atom. The highest BCUT2D eigenvalue weighted by Gasteiger charge is 2.24. The third-order valence-corrected chi connectivity index (χ3v) is 5.84. The number of pyridine rings is 1. The fourth-order valence-electron chi connectivity index (χ4n) is 3.17. The van der Waals surface area contributed by atoms with Gasteiger partial charge in [-0.1, -0.05) is 0 Å². The lowest BCUT2D eigenvalue weighted by molar-refractivity contribution is -0.119. The summed E-state index contributed by atoms with van der Waals surface area (Å²) in [6, 6.07) is 11.3. The van der Waals surface area contributed by atoms with E-state index in [1.807, 2.05) is 18.2 Å². The SMILES string of the molecule is O=C1CCN(c2sc(C(=O)c3ccc(F)cc3)cc2-c2ccncc2)CC1. The predicted molar refractivity (Wildman–Crippen MR) is 104 cm³/mol. The second-order valence-corrected chi connectivity index (χ2v) is 7.46. The number of halogens is 1. The first-order valence-electron chi connectivity index (χ1n) is 8.73. The van der Waals surface area contributed by atoms with Gasteiger partial charge in [0, 0.05) is 49.5 Å². The van der Waals surface area contributed by atoms with Gasteiger partial charge in [-0.05, 0) is 48.0 Å². The van der Waals surface area contributed by atoms with Crippen LogP contribution in [0.2, 0.25) is 0 Å². The topological polar surface area (TPSA) is 50.3 Å². The molecule has 4 nitrogen and oxygen atoms in total. The van der Waals surface area contributed by atoms with E-state index in [1.54, 1.807) is 12.4 Å². The predicted octanol–water partition coefficient (Wildman–Crippen LogP) is 4.35. The van der Waals surface area contributed by atoms with Crippen molar-refractivity contribution in [2.45, 2.75) is 12.8 Å². The lowest BCUT2D eigenvalue weighted by Crippen LogP contribution is -2.33. The van der Waals surface area contributed by atoms with Crippen LogP contribution in [0.4, 0.5) is 9.39 Å². The van der Waals surface area contributed by atoms with Gasteiger partial charge in [-0.15, -0.1) is 11.3 Å². The van der Waals surface area contributed by atoms with Crippen LogP contribution in [-0.4, -0.2) is 29.6 Å². The minimum absolute atomic E-state index is 0.130. The molecule has 1 aromatic carbocycles. The van der Waals surface area contributed by atoms with Gasteiger partial charge < -0.3 is 4.90 Å². The average Bonchev–Trinajstić information content (AvgIpc) is 3.15. The van der Waals surface area contributed by atoms with Crippen molar-refractivity contribution in [3.8, 4) is 11.1 Å². The van der Waals surface area contributed by atoms with Gasteiger partial charge in [0.25, 0.3) is 0 Å². The Balaban J connectivity index is 1.74. The van der Waals surface area contributed by atoms with Crippen LogP contribution in [0.3, 0.4) is 0 Å². The van der Waals surface area contributed by atoms with E-state index in [9.17, 15) is 14.0 Å². The van der Waals surface area contributed by atoms with Crippen molar-refractivity contribution in [2.24, 2.45) is 0 Å². The number of ketones is 2. The summed E-state index contributed by atoms with van der Waals surface area (Å²) in [5.74, 6) is -0.223. The number of thiophene rings is 1. The molecule has 1 fully saturated rings. The molecule has 6 heteroatoms. The molecule has 1 aliphatic heterocycles. The van der Waals surface area contributed by atoms with Crippen molar-refractivity contribution < 1.29 is 14.0 Å². The largest absolute Gasteiger partial charge is 0.362 e. The molecule has 0 spiro atoms. The number of aromatic nitrogens is 1. The number of anilines is 1. The van der Waals surface area contributed by atoms with Crippen molar-refractivity contribution in [1.82, 2.24) is 4.98 Å². The molecule has 0 atom stereocenters. The Kier molecular flexibility index (Phi) is 4.81. The Bertz CT molecular complexity index is 973. The fourth-order valence-corrected chi connectivity index (χ4v) is 4.36. The Hall–Kier alpha value is -2.86. The Morgan fingerprint density at radius 2 is 1.70 bits per heavy atom. The summed E-state index contributed by atoms with van der Waals surface area (Å²) >= 11 is 1.42. The summed E-state index contributed by atoms with van der Waals surface area (Å²) < 4.78 is 13.2. The normalized spacial score (nSPS) is 14.4.